The minimum Gasteiger partial charge on any atom is -0.294 e. The fourth-order valence-electron chi connectivity index (χ4n) is 0.913. The quantitative estimate of drug-likeness (QED) is 0.669. The monoisotopic (exact) mass is 181 g/mol. The molecule has 0 fully saturated rings. The summed E-state index contributed by atoms with van der Waals surface area (Å²) in [7, 11) is 0. The van der Waals surface area contributed by atoms with Gasteiger partial charge in [0.25, 0.3) is 0 Å². The van der Waals surface area contributed by atoms with Crippen molar-refractivity contribution in [1.29, 1.82) is 0 Å². The number of carbonyl (C=O) groups is 1. The summed E-state index contributed by atoms with van der Waals surface area (Å²) >= 11 is 1.58. The Morgan fingerprint density at radius 1 is 1.75 bits per heavy atom. The number of allylic oxidation sites excluding steroid dienone is 2. The Bertz CT molecular complexity index is 301. The number of thiazole rings is 1. The normalized spacial score (nSPS) is 10.8. The van der Waals surface area contributed by atoms with Crippen LogP contribution in [-0.2, 0) is 11.2 Å². The maximum absolute atomic E-state index is 11.1. The van der Waals surface area contributed by atoms with Crippen LogP contribution in [0.15, 0.2) is 17.5 Å². The summed E-state index contributed by atoms with van der Waals surface area (Å²) in [4.78, 5) is 15.3. The summed E-state index contributed by atoms with van der Waals surface area (Å²) in [6, 6.07) is 0. The van der Waals surface area contributed by atoms with E-state index in [-0.39, 0.29) is 5.78 Å². The molecule has 0 aromatic carbocycles. The first-order valence-electron chi connectivity index (χ1n) is 3.79. The van der Waals surface area contributed by atoms with Crippen LogP contribution in [0.2, 0.25) is 0 Å². The molecule has 0 amide bonds. The first kappa shape index (κ1) is 9.13. The van der Waals surface area contributed by atoms with Crippen LogP contribution in [0.5, 0.6) is 0 Å². The van der Waals surface area contributed by atoms with Gasteiger partial charge in [0, 0.05) is 5.38 Å². The summed E-state index contributed by atoms with van der Waals surface area (Å²) in [5.41, 5.74) is 0.876. The lowest BCUT2D eigenvalue weighted by atomic mass is 10.2. The third kappa shape index (κ3) is 2.58. The van der Waals surface area contributed by atoms with Gasteiger partial charge in [0.2, 0.25) is 0 Å². The average molecular weight is 181 g/mol. The lowest BCUT2D eigenvalue weighted by Gasteiger charge is -1.88. The van der Waals surface area contributed by atoms with Crippen molar-refractivity contribution in [3.8, 4) is 0 Å². The Labute approximate surface area is 76.0 Å². The molecule has 1 rings (SSSR count). The van der Waals surface area contributed by atoms with E-state index in [1.54, 1.807) is 23.5 Å². The molecular weight excluding hydrogens is 170 g/mol. The van der Waals surface area contributed by atoms with Crippen LogP contribution in [0.1, 0.15) is 17.6 Å². The van der Waals surface area contributed by atoms with Crippen LogP contribution in [0, 0.1) is 6.92 Å². The molecule has 0 bridgehead atoms. The molecule has 0 saturated heterocycles. The van der Waals surface area contributed by atoms with E-state index < -0.39 is 0 Å². The van der Waals surface area contributed by atoms with E-state index in [4.69, 9.17) is 0 Å². The zero-order valence-electron chi connectivity index (χ0n) is 7.20. The Kier molecular flexibility index (Phi) is 3.17. The molecule has 0 aliphatic heterocycles. The third-order valence-corrected chi connectivity index (χ3v) is 2.20. The lowest BCUT2D eigenvalue weighted by Crippen LogP contribution is -1.98. The van der Waals surface area contributed by atoms with Crippen LogP contribution >= 0.6 is 11.3 Å². The number of ketones is 1. The predicted octanol–water partition coefficient (Wildman–Crippen LogP) is 2.14. The van der Waals surface area contributed by atoms with Gasteiger partial charge < -0.3 is 0 Å². The van der Waals surface area contributed by atoms with Crippen molar-refractivity contribution in [3.05, 3.63) is 28.2 Å². The van der Waals surface area contributed by atoms with E-state index in [0.29, 0.717) is 6.42 Å². The smallest absolute Gasteiger partial charge is 0.161 e. The molecule has 0 unspecified atom stereocenters. The second kappa shape index (κ2) is 4.16. The van der Waals surface area contributed by atoms with Gasteiger partial charge in [0.1, 0.15) is 0 Å². The van der Waals surface area contributed by atoms with Gasteiger partial charge in [-0.15, -0.1) is 11.3 Å². The molecule has 1 heterocycles. The summed E-state index contributed by atoms with van der Waals surface area (Å²) in [5, 5.41) is 2.94. The second-order valence-electron chi connectivity index (χ2n) is 2.50. The number of rotatable bonds is 3. The van der Waals surface area contributed by atoms with E-state index in [1.807, 2.05) is 19.2 Å². The van der Waals surface area contributed by atoms with Crippen LogP contribution in [0.3, 0.4) is 0 Å². The zero-order valence-corrected chi connectivity index (χ0v) is 8.02. The Hall–Kier alpha value is -0.960. The first-order chi connectivity index (χ1) is 5.72. The fraction of sp³-hybridized carbons (Fsp3) is 0.333. The number of carbonyl (C=O) groups excluding carboxylic acids is 1. The van der Waals surface area contributed by atoms with Gasteiger partial charge >= 0.3 is 0 Å². The average Bonchev–Trinajstić information content (AvgIpc) is 2.36. The maximum atomic E-state index is 11.1. The molecule has 0 saturated carbocycles. The molecule has 64 valence electrons. The maximum Gasteiger partial charge on any atom is 0.161 e. The zero-order chi connectivity index (χ0) is 8.97. The van der Waals surface area contributed by atoms with Gasteiger partial charge in [-0.3, -0.25) is 4.79 Å². The summed E-state index contributed by atoms with van der Waals surface area (Å²) in [5.74, 6) is 0.114. The Morgan fingerprint density at radius 3 is 3.00 bits per heavy atom. The highest BCUT2D eigenvalue weighted by Crippen LogP contribution is 2.08. The first-order valence-corrected chi connectivity index (χ1v) is 4.67. The standard InChI is InChI=1S/C9H11NOS/c1-3-4-9(11)5-8-6-12-7(2)10-8/h3-4,6H,5H2,1-2H3/b4-3+. The van der Waals surface area contributed by atoms with E-state index in [0.717, 1.165) is 10.7 Å². The van der Waals surface area contributed by atoms with Crippen LogP contribution < -0.4 is 0 Å². The van der Waals surface area contributed by atoms with E-state index in [1.165, 1.54) is 0 Å². The number of hydrogen-bond donors (Lipinski definition) is 0. The molecule has 1 aromatic rings. The molecular formula is C9H11NOS. The largest absolute Gasteiger partial charge is 0.294 e. The van der Waals surface area contributed by atoms with Gasteiger partial charge in [0.05, 0.1) is 17.1 Å². The van der Waals surface area contributed by atoms with Crippen molar-refractivity contribution < 1.29 is 4.79 Å². The highest BCUT2D eigenvalue weighted by Gasteiger charge is 2.02. The highest BCUT2D eigenvalue weighted by molar-refractivity contribution is 7.09. The fourth-order valence-corrected chi connectivity index (χ4v) is 1.53. The second-order valence-corrected chi connectivity index (χ2v) is 3.56. The number of aromatic nitrogens is 1. The summed E-state index contributed by atoms with van der Waals surface area (Å²) in [6.45, 7) is 3.78. The van der Waals surface area contributed by atoms with Crippen molar-refractivity contribution in [1.82, 2.24) is 4.98 Å². The molecule has 0 N–H and O–H groups in total. The van der Waals surface area contributed by atoms with E-state index in [2.05, 4.69) is 4.98 Å². The lowest BCUT2D eigenvalue weighted by molar-refractivity contribution is -0.114. The highest BCUT2D eigenvalue weighted by atomic mass is 32.1. The molecule has 0 aliphatic rings. The number of hydrogen-bond acceptors (Lipinski definition) is 3. The number of aryl methyl sites for hydroxylation is 1. The van der Waals surface area contributed by atoms with Crippen LogP contribution in [0.25, 0.3) is 0 Å². The third-order valence-electron chi connectivity index (χ3n) is 1.37. The molecule has 0 spiro atoms. The summed E-state index contributed by atoms with van der Waals surface area (Å²) in [6.07, 6.45) is 3.75. The van der Waals surface area contributed by atoms with Crippen molar-refractivity contribution >= 4 is 17.1 Å². The van der Waals surface area contributed by atoms with Gasteiger partial charge in [-0.25, -0.2) is 4.98 Å². The SMILES string of the molecule is C/C=C/C(=O)Cc1csc(C)n1. The molecule has 0 atom stereocenters. The van der Waals surface area contributed by atoms with Crippen LogP contribution in [0.4, 0.5) is 0 Å². The predicted molar refractivity (Wildman–Crippen MR) is 50.4 cm³/mol. The molecule has 2 nitrogen and oxygen atoms in total. The van der Waals surface area contributed by atoms with E-state index >= 15 is 0 Å². The molecule has 3 heteroatoms. The molecule has 12 heavy (non-hydrogen) atoms. The molecule has 0 radical (unpaired) electrons. The van der Waals surface area contributed by atoms with Crippen molar-refractivity contribution in [2.24, 2.45) is 0 Å². The Balaban J connectivity index is 2.58. The topological polar surface area (TPSA) is 30.0 Å². The minimum atomic E-state index is 0.114. The van der Waals surface area contributed by atoms with Crippen molar-refractivity contribution in [2.45, 2.75) is 20.3 Å². The minimum absolute atomic E-state index is 0.114. The van der Waals surface area contributed by atoms with Crippen molar-refractivity contribution in [3.63, 3.8) is 0 Å². The summed E-state index contributed by atoms with van der Waals surface area (Å²) < 4.78 is 0. The van der Waals surface area contributed by atoms with Gasteiger partial charge in [-0.05, 0) is 19.9 Å². The van der Waals surface area contributed by atoms with Gasteiger partial charge in [-0.1, -0.05) is 6.08 Å². The number of nitrogens with zero attached hydrogens (tertiary/aromatic N) is 1. The molecule has 1 aromatic heterocycles. The van der Waals surface area contributed by atoms with Gasteiger partial charge in [-0.2, -0.15) is 0 Å². The van der Waals surface area contributed by atoms with Crippen LogP contribution in [-0.4, -0.2) is 10.8 Å². The van der Waals surface area contributed by atoms with E-state index in [9.17, 15) is 4.79 Å². The van der Waals surface area contributed by atoms with Crippen molar-refractivity contribution in [2.75, 3.05) is 0 Å². The molecule has 0 aliphatic carbocycles. The van der Waals surface area contributed by atoms with Gasteiger partial charge in [0.15, 0.2) is 5.78 Å². The Morgan fingerprint density at radius 2 is 2.50 bits per heavy atom.